The Bertz CT molecular complexity index is 1580. The third-order valence-electron chi connectivity index (χ3n) is 7.76. The van der Waals surface area contributed by atoms with Crippen molar-refractivity contribution in [3.63, 3.8) is 0 Å². The predicted molar refractivity (Wildman–Crippen MR) is 158 cm³/mol. The summed E-state index contributed by atoms with van der Waals surface area (Å²) in [6.07, 6.45) is 3.80. The molecule has 0 spiro atoms. The average molecular weight is 595 g/mol. The third kappa shape index (κ3) is 6.56. The molecule has 2 aliphatic rings. The number of benzene rings is 2. The molecule has 2 aliphatic heterocycles. The lowest BCUT2D eigenvalue weighted by Gasteiger charge is -2.29. The van der Waals surface area contributed by atoms with Gasteiger partial charge in [-0.2, -0.15) is 0 Å². The molecule has 1 saturated heterocycles. The molecule has 0 radical (unpaired) electrons. The first-order valence-electron chi connectivity index (χ1n) is 14.6. The first-order chi connectivity index (χ1) is 20.6. The van der Waals surface area contributed by atoms with Gasteiger partial charge in [-0.3, -0.25) is 4.79 Å². The third-order valence-corrected chi connectivity index (χ3v) is 7.76. The molecule has 0 aliphatic carbocycles. The van der Waals surface area contributed by atoms with Crippen LogP contribution in [-0.4, -0.2) is 72.1 Å². The summed E-state index contributed by atoms with van der Waals surface area (Å²) in [6.45, 7) is 9.37. The van der Waals surface area contributed by atoms with Crippen molar-refractivity contribution >= 4 is 34.4 Å². The van der Waals surface area contributed by atoms with Gasteiger partial charge in [0.25, 0.3) is 5.91 Å². The van der Waals surface area contributed by atoms with E-state index >= 15 is 0 Å². The second kappa shape index (κ2) is 12.5. The van der Waals surface area contributed by atoms with Gasteiger partial charge in [0.05, 0.1) is 17.9 Å². The Morgan fingerprint density at radius 1 is 1.05 bits per heavy atom. The number of halogens is 2. The smallest absolute Gasteiger partial charge is 0.412 e. The molecule has 2 aromatic carbocycles. The lowest BCUT2D eigenvalue weighted by Crippen LogP contribution is -2.37. The molecule has 3 heterocycles. The van der Waals surface area contributed by atoms with E-state index in [1.807, 2.05) is 20.8 Å². The van der Waals surface area contributed by atoms with E-state index in [9.17, 15) is 23.2 Å². The Balaban J connectivity index is 1.46. The maximum absolute atomic E-state index is 14.0. The number of H-pyrrole nitrogens is 1. The van der Waals surface area contributed by atoms with Gasteiger partial charge in [-0.05, 0) is 68.2 Å². The highest BCUT2D eigenvalue weighted by molar-refractivity contribution is 6.18. The molecule has 2 amide bonds. The minimum absolute atomic E-state index is 0.0526. The highest BCUT2D eigenvalue weighted by Crippen LogP contribution is 2.41. The first-order valence-corrected chi connectivity index (χ1v) is 14.6. The molecule has 1 fully saturated rings. The Labute approximate surface area is 248 Å². The fourth-order valence-corrected chi connectivity index (χ4v) is 5.73. The van der Waals surface area contributed by atoms with E-state index in [1.54, 1.807) is 18.2 Å². The molecule has 3 aromatic rings. The minimum atomic E-state index is -1.14. The molecule has 0 unspecified atom stereocenters. The Kier molecular flexibility index (Phi) is 8.82. The molecule has 2 N–H and O–H groups in total. The molecule has 43 heavy (non-hydrogen) atoms. The molecule has 228 valence electrons. The number of esters is 1. The summed E-state index contributed by atoms with van der Waals surface area (Å²) in [5.41, 5.74) is 1.22. The van der Waals surface area contributed by atoms with Crippen molar-refractivity contribution in [2.45, 2.75) is 45.4 Å². The predicted octanol–water partition coefficient (Wildman–Crippen LogP) is 5.36. The topological polar surface area (TPSA) is 104 Å². The van der Waals surface area contributed by atoms with Crippen LogP contribution < -0.4 is 10.1 Å². The van der Waals surface area contributed by atoms with Crippen molar-refractivity contribution in [3.05, 3.63) is 71.1 Å². The van der Waals surface area contributed by atoms with Gasteiger partial charge in [0.15, 0.2) is 11.6 Å². The Hall–Kier alpha value is -4.25. The van der Waals surface area contributed by atoms with Crippen LogP contribution in [0.3, 0.4) is 0 Å². The minimum Gasteiger partial charge on any atom is -0.462 e. The van der Waals surface area contributed by atoms with Gasteiger partial charge in [-0.1, -0.05) is 20.8 Å². The number of aromatic nitrogens is 1. The van der Waals surface area contributed by atoms with Gasteiger partial charge in [-0.15, -0.1) is 0 Å². The van der Waals surface area contributed by atoms with Gasteiger partial charge in [0.2, 0.25) is 0 Å². The lowest BCUT2D eigenvalue weighted by molar-refractivity contribution is -0.136. The van der Waals surface area contributed by atoms with Crippen molar-refractivity contribution in [2.24, 2.45) is 0 Å². The number of carbonyl (C=O) groups is 3. The molecule has 0 saturated carbocycles. The van der Waals surface area contributed by atoms with Crippen LogP contribution in [0, 0.1) is 11.6 Å². The zero-order chi connectivity index (χ0) is 30.7. The van der Waals surface area contributed by atoms with Crippen LogP contribution in [0.2, 0.25) is 0 Å². The number of nitrogens with one attached hydrogen (secondary N) is 2. The summed E-state index contributed by atoms with van der Waals surface area (Å²) in [5, 5.41) is 3.56. The van der Waals surface area contributed by atoms with E-state index in [-0.39, 0.29) is 24.3 Å². The summed E-state index contributed by atoms with van der Waals surface area (Å²) in [6, 6.07) is 8.13. The number of hydrogen-bond acceptors (Lipinski definition) is 6. The van der Waals surface area contributed by atoms with Gasteiger partial charge in [0.1, 0.15) is 5.75 Å². The van der Waals surface area contributed by atoms with Crippen LogP contribution in [0.15, 0.2) is 42.6 Å². The summed E-state index contributed by atoms with van der Waals surface area (Å²) in [7, 11) is 0. The molecule has 5 rings (SSSR count). The summed E-state index contributed by atoms with van der Waals surface area (Å²) >= 11 is 0. The summed E-state index contributed by atoms with van der Waals surface area (Å²) in [4.78, 5) is 46.2. The fraction of sp³-hybridized carbons (Fsp3) is 0.406. The van der Waals surface area contributed by atoms with Gasteiger partial charge >= 0.3 is 12.1 Å². The number of hydrogen-bond donors (Lipinski definition) is 2. The first kappa shape index (κ1) is 30.2. The molecular formula is C32H36F2N4O5. The molecular weight excluding hydrogens is 558 g/mol. The van der Waals surface area contributed by atoms with E-state index in [0.29, 0.717) is 29.9 Å². The number of amides is 2. The van der Waals surface area contributed by atoms with Crippen LogP contribution in [0.25, 0.3) is 16.5 Å². The zero-order valence-corrected chi connectivity index (χ0v) is 24.6. The number of carbonyl (C=O) groups excluding carboxylic acids is 3. The Morgan fingerprint density at radius 3 is 2.53 bits per heavy atom. The second-order valence-corrected chi connectivity index (χ2v) is 11.6. The molecule has 0 atom stereocenters. The normalized spacial score (nSPS) is 16.4. The molecule has 9 nitrogen and oxygen atoms in total. The van der Waals surface area contributed by atoms with Crippen LogP contribution in [0.1, 0.15) is 61.6 Å². The number of ether oxygens (including phenoxy) is 2. The quantitative estimate of drug-likeness (QED) is 0.341. The van der Waals surface area contributed by atoms with Crippen molar-refractivity contribution in [1.82, 2.24) is 20.1 Å². The van der Waals surface area contributed by atoms with E-state index in [2.05, 4.69) is 15.2 Å². The summed E-state index contributed by atoms with van der Waals surface area (Å²) in [5.74, 6) is -3.09. The molecule has 0 bridgehead atoms. The van der Waals surface area contributed by atoms with Gasteiger partial charge in [0, 0.05) is 53.8 Å². The molecule has 1 aromatic heterocycles. The van der Waals surface area contributed by atoms with Crippen LogP contribution in [-0.2, 0) is 14.9 Å². The largest absolute Gasteiger partial charge is 0.462 e. The maximum atomic E-state index is 14.0. The standard InChI is InChI=1S/C32H36F2N4O5/c1-4-15-42-30(40)23-18-38(29(39)20-7-10-24(33)25(34)16-20)19-32(2,3)27-22-9-8-21(17-26(22)36-28(23)27)43-31(41)35-11-14-37-12-5-6-13-37/h7-10,16-18,36H,4-6,11-15,19H2,1-3H3,(H,35,41). The van der Waals surface area contributed by atoms with Crippen molar-refractivity contribution in [1.29, 1.82) is 0 Å². The SMILES string of the molecule is CCCOC(=O)C1=CN(C(=O)c2ccc(F)c(F)c2)CC(C)(C)c2c1[nH]c1cc(OC(=O)NCCN3CCCC3)ccc21. The second-order valence-electron chi connectivity index (χ2n) is 11.6. The number of nitrogens with zero attached hydrogens (tertiary/aromatic N) is 2. The number of likely N-dealkylation sites (tertiary alicyclic amines) is 1. The van der Waals surface area contributed by atoms with Crippen LogP contribution in [0.4, 0.5) is 13.6 Å². The maximum Gasteiger partial charge on any atom is 0.412 e. The summed E-state index contributed by atoms with van der Waals surface area (Å²) < 4.78 is 38.6. The molecule has 11 heteroatoms. The van der Waals surface area contributed by atoms with Crippen molar-refractivity contribution < 1.29 is 32.6 Å². The number of aromatic amines is 1. The van der Waals surface area contributed by atoms with Crippen molar-refractivity contribution in [2.75, 3.05) is 39.3 Å². The van der Waals surface area contributed by atoms with E-state index in [4.69, 9.17) is 9.47 Å². The monoisotopic (exact) mass is 594 g/mol. The van der Waals surface area contributed by atoms with E-state index in [1.165, 1.54) is 30.0 Å². The number of fused-ring (bicyclic) bond motifs is 3. The van der Waals surface area contributed by atoms with E-state index in [0.717, 1.165) is 42.7 Å². The van der Waals surface area contributed by atoms with Crippen LogP contribution in [0.5, 0.6) is 5.75 Å². The Morgan fingerprint density at radius 2 is 1.81 bits per heavy atom. The van der Waals surface area contributed by atoms with E-state index < -0.39 is 35.0 Å². The van der Waals surface area contributed by atoms with Crippen molar-refractivity contribution in [3.8, 4) is 5.75 Å². The van der Waals surface area contributed by atoms with Gasteiger partial charge < -0.3 is 29.6 Å². The highest BCUT2D eigenvalue weighted by atomic mass is 19.2. The van der Waals surface area contributed by atoms with Gasteiger partial charge in [-0.25, -0.2) is 18.4 Å². The zero-order valence-electron chi connectivity index (χ0n) is 24.6. The fourth-order valence-electron chi connectivity index (χ4n) is 5.73. The number of rotatable bonds is 8. The lowest BCUT2D eigenvalue weighted by atomic mass is 9.81. The highest BCUT2D eigenvalue weighted by Gasteiger charge is 2.37. The van der Waals surface area contributed by atoms with Crippen LogP contribution >= 0.6 is 0 Å². The average Bonchev–Trinajstić information content (AvgIpc) is 3.60.